The fourth-order valence-corrected chi connectivity index (χ4v) is 2.34. The highest BCUT2D eigenvalue weighted by molar-refractivity contribution is 7.17. The molecule has 0 bridgehead atoms. The van der Waals surface area contributed by atoms with Gasteiger partial charge in [0.1, 0.15) is 0 Å². The molecule has 0 unspecified atom stereocenters. The van der Waals surface area contributed by atoms with Gasteiger partial charge >= 0.3 is 11.8 Å². The molecule has 1 heterocycles. The number of thiophene rings is 1. The predicted octanol–water partition coefficient (Wildman–Crippen LogP) is 0.148. The first-order chi connectivity index (χ1) is 8.59. The van der Waals surface area contributed by atoms with Crippen molar-refractivity contribution in [3.8, 4) is 0 Å². The Hall–Kier alpha value is -2.41. The topological polar surface area (TPSA) is 101 Å². The van der Waals surface area contributed by atoms with Crippen molar-refractivity contribution in [3.63, 3.8) is 0 Å². The van der Waals surface area contributed by atoms with Crippen molar-refractivity contribution in [1.29, 1.82) is 0 Å². The van der Waals surface area contributed by atoms with Crippen LogP contribution in [0.15, 0.2) is 29.6 Å². The molecule has 3 amide bonds. The number of rotatable bonds is 1. The van der Waals surface area contributed by atoms with E-state index >= 15 is 0 Å². The SMILES string of the molecule is NC(=O)C(=O)NNC(=O)c1csc2ccccc12. The molecule has 0 saturated heterocycles. The van der Waals surface area contributed by atoms with Gasteiger partial charge in [0, 0.05) is 15.5 Å². The molecule has 7 heteroatoms. The zero-order chi connectivity index (χ0) is 13.1. The van der Waals surface area contributed by atoms with Gasteiger partial charge in [-0.3, -0.25) is 25.2 Å². The minimum absolute atomic E-state index is 0.431. The molecule has 2 aromatic rings. The molecule has 0 atom stereocenters. The molecule has 0 radical (unpaired) electrons. The summed E-state index contributed by atoms with van der Waals surface area (Å²) < 4.78 is 0.962. The predicted molar refractivity (Wildman–Crippen MR) is 66.6 cm³/mol. The van der Waals surface area contributed by atoms with E-state index in [0.29, 0.717) is 5.56 Å². The number of hydrogen-bond donors (Lipinski definition) is 3. The summed E-state index contributed by atoms with van der Waals surface area (Å²) in [4.78, 5) is 33.1. The van der Waals surface area contributed by atoms with Crippen molar-refractivity contribution >= 4 is 39.1 Å². The lowest BCUT2D eigenvalue weighted by molar-refractivity contribution is -0.137. The van der Waals surface area contributed by atoms with Crippen LogP contribution in [0, 0.1) is 0 Å². The number of hydrazine groups is 1. The summed E-state index contributed by atoms with van der Waals surface area (Å²) in [5, 5.41) is 2.46. The fourth-order valence-electron chi connectivity index (χ4n) is 1.40. The zero-order valence-corrected chi connectivity index (χ0v) is 9.91. The van der Waals surface area contributed by atoms with Crippen LogP contribution in [-0.2, 0) is 9.59 Å². The van der Waals surface area contributed by atoms with Gasteiger partial charge in [-0.05, 0) is 6.07 Å². The smallest absolute Gasteiger partial charge is 0.327 e. The molecule has 1 aromatic heterocycles. The van der Waals surface area contributed by atoms with E-state index in [2.05, 4.69) is 5.43 Å². The Morgan fingerprint density at radius 2 is 1.83 bits per heavy atom. The zero-order valence-electron chi connectivity index (χ0n) is 9.10. The molecule has 92 valence electrons. The molecule has 0 aliphatic heterocycles. The quantitative estimate of drug-likeness (QED) is 0.504. The summed E-state index contributed by atoms with van der Waals surface area (Å²) in [6.07, 6.45) is 0. The molecule has 6 nitrogen and oxygen atoms in total. The monoisotopic (exact) mass is 263 g/mol. The number of carbonyl (C=O) groups is 3. The number of benzene rings is 1. The van der Waals surface area contributed by atoms with Crippen molar-refractivity contribution in [1.82, 2.24) is 10.9 Å². The van der Waals surface area contributed by atoms with Gasteiger partial charge in [0.2, 0.25) is 0 Å². The molecule has 0 spiro atoms. The Bertz CT molecular complexity index is 635. The molecular weight excluding hydrogens is 254 g/mol. The van der Waals surface area contributed by atoms with Gasteiger partial charge in [-0.25, -0.2) is 0 Å². The largest absolute Gasteiger partial charge is 0.361 e. The molecular formula is C11H9N3O3S. The van der Waals surface area contributed by atoms with E-state index in [4.69, 9.17) is 5.73 Å². The molecule has 4 N–H and O–H groups in total. The number of fused-ring (bicyclic) bond motifs is 1. The molecule has 0 aliphatic carbocycles. The summed E-state index contributed by atoms with van der Waals surface area (Å²) in [5.74, 6) is -2.73. The second-order valence-corrected chi connectivity index (χ2v) is 4.33. The first kappa shape index (κ1) is 12.1. The lowest BCUT2D eigenvalue weighted by atomic mass is 10.2. The van der Waals surface area contributed by atoms with E-state index in [1.54, 1.807) is 11.4 Å². The van der Waals surface area contributed by atoms with Crippen LogP contribution in [0.5, 0.6) is 0 Å². The maximum Gasteiger partial charge on any atom is 0.327 e. The normalized spacial score (nSPS) is 10.0. The van der Waals surface area contributed by atoms with Crippen LogP contribution in [-0.4, -0.2) is 17.7 Å². The first-order valence-corrected chi connectivity index (χ1v) is 5.84. The second kappa shape index (κ2) is 4.84. The van der Waals surface area contributed by atoms with Gasteiger partial charge in [-0.1, -0.05) is 18.2 Å². The summed E-state index contributed by atoms with van der Waals surface area (Å²) in [6.45, 7) is 0. The van der Waals surface area contributed by atoms with Crippen molar-refractivity contribution in [2.24, 2.45) is 5.73 Å². The second-order valence-electron chi connectivity index (χ2n) is 3.42. The summed E-state index contributed by atoms with van der Waals surface area (Å²) >= 11 is 1.42. The number of carbonyl (C=O) groups excluding carboxylic acids is 3. The molecule has 0 fully saturated rings. The van der Waals surface area contributed by atoms with E-state index < -0.39 is 17.7 Å². The van der Waals surface area contributed by atoms with Crippen LogP contribution in [0.4, 0.5) is 0 Å². The highest BCUT2D eigenvalue weighted by Crippen LogP contribution is 2.25. The lowest BCUT2D eigenvalue weighted by Crippen LogP contribution is -2.47. The number of nitrogens with two attached hydrogens (primary N) is 1. The van der Waals surface area contributed by atoms with Crippen molar-refractivity contribution in [2.75, 3.05) is 0 Å². The standard InChI is InChI=1S/C11H9N3O3S/c12-9(15)11(17)14-13-10(16)7-5-18-8-4-2-1-3-6(7)8/h1-5H,(H2,12,15)(H,13,16)(H,14,17). The van der Waals surface area contributed by atoms with Gasteiger partial charge < -0.3 is 5.73 Å². The fraction of sp³-hybridized carbons (Fsp3) is 0. The Kier molecular flexibility index (Phi) is 3.24. The van der Waals surface area contributed by atoms with Crippen molar-refractivity contribution in [2.45, 2.75) is 0 Å². The Labute approximate surface area is 106 Å². The van der Waals surface area contributed by atoms with E-state index in [1.807, 2.05) is 23.6 Å². The maximum atomic E-state index is 11.8. The third-order valence-corrected chi connectivity index (χ3v) is 3.20. The minimum atomic E-state index is -1.16. The maximum absolute atomic E-state index is 11.8. The Morgan fingerprint density at radius 1 is 1.11 bits per heavy atom. The van der Waals surface area contributed by atoms with Crippen LogP contribution in [0.25, 0.3) is 10.1 Å². The van der Waals surface area contributed by atoms with E-state index in [-0.39, 0.29) is 0 Å². The lowest BCUT2D eigenvalue weighted by Gasteiger charge is -2.04. The third kappa shape index (κ3) is 2.30. The van der Waals surface area contributed by atoms with E-state index in [1.165, 1.54) is 11.3 Å². The minimum Gasteiger partial charge on any atom is -0.361 e. The number of hydrogen-bond acceptors (Lipinski definition) is 4. The van der Waals surface area contributed by atoms with E-state index in [0.717, 1.165) is 10.1 Å². The number of nitrogens with one attached hydrogen (secondary N) is 2. The molecule has 2 rings (SSSR count). The van der Waals surface area contributed by atoms with E-state index in [9.17, 15) is 14.4 Å². The number of primary amides is 1. The van der Waals surface area contributed by atoms with Crippen LogP contribution in [0.2, 0.25) is 0 Å². The van der Waals surface area contributed by atoms with Crippen LogP contribution >= 0.6 is 11.3 Å². The van der Waals surface area contributed by atoms with Crippen molar-refractivity contribution < 1.29 is 14.4 Å². The van der Waals surface area contributed by atoms with Gasteiger partial charge in [0.05, 0.1) is 5.56 Å². The molecule has 0 saturated carbocycles. The average Bonchev–Trinajstić information content (AvgIpc) is 2.79. The number of amides is 3. The Morgan fingerprint density at radius 3 is 2.56 bits per heavy atom. The van der Waals surface area contributed by atoms with Gasteiger partial charge in [-0.15, -0.1) is 11.3 Å². The summed E-state index contributed by atoms with van der Waals surface area (Å²) in [5.41, 5.74) is 9.21. The molecule has 0 aliphatic rings. The molecule has 1 aromatic carbocycles. The highest BCUT2D eigenvalue weighted by atomic mass is 32.1. The first-order valence-electron chi connectivity index (χ1n) is 4.96. The molecule has 18 heavy (non-hydrogen) atoms. The van der Waals surface area contributed by atoms with Gasteiger partial charge in [0.25, 0.3) is 5.91 Å². The average molecular weight is 263 g/mol. The van der Waals surface area contributed by atoms with Crippen molar-refractivity contribution in [3.05, 3.63) is 35.2 Å². The highest BCUT2D eigenvalue weighted by Gasteiger charge is 2.14. The summed E-state index contributed by atoms with van der Waals surface area (Å²) in [6, 6.07) is 7.37. The van der Waals surface area contributed by atoms with Gasteiger partial charge in [0.15, 0.2) is 0 Å². The summed E-state index contributed by atoms with van der Waals surface area (Å²) in [7, 11) is 0. The van der Waals surface area contributed by atoms with Crippen LogP contribution in [0.1, 0.15) is 10.4 Å². The van der Waals surface area contributed by atoms with Crippen LogP contribution in [0.3, 0.4) is 0 Å². The van der Waals surface area contributed by atoms with Gasteiger partial charge in [-0.2, -0.15) is 0 Å². The van der Waals surface area contributed by atoms with Crippen LogP contribution < -0.4 is 16.6 Å². The Balaban J connectivity index is 2.14. The third-order valence-electron chi connectivity index (χ3n) is 2.24.